The zero-order valence-corrected chi connectivity index (χ0v) is 27.6. The largest absolute Gasteiger partial charge is 0.489 e. The van der Waals surface area contributed by atoms with Crippen molar-refractivity contribution in [2.75, 3.05) is 30.3 Å². The molecule has 4 aromatic rings. The average Bonchev–Trinajstić information content (AvgIpc) is 3.17. The minimum absolute atomic E-state index is 0.0346. The molecule has 0 saturated carbocycles. The van der Waals surface area contributed by atoms with E-state index in [1.54, 1.807) is 24.1 Å². The number of carbonyl (C=O) groups is 1. The number of carbonyl (C=O) groups excluding carboxylic acids is 1. The number of piperazine rings is 1. The van der Waals surface area contributed by atoms with Crippen LogP contribution in [0, 0.1) is 18.6 Å². The van der Waals surface area contributed by atoms with Crippen LogP contribution in [-0.4, -0.2) is 57.1 Å². The molecule has 2 aliphatic rings. The van der Waals surface area contributed by atoms with Crippen LogP contribution in [0.5, 0.6) is 5.75 Å². The molecular weight excluding hydrogens is 661 g/mol. The molecule has 2 N–H and O–H groups in total. The molecule has 0 bridgehead atoms. The predicted molar refractivity (Wildman–Crippen MR) is 177 cm³/mol. The van der Waals surface area contributed by atoms with Gasteiger partial charge in [0.25, 0.3) is 0 Å². The summed E-state index contributed by atoms with van der Waals surface area (Å²) >= 11 is 19.4. The lowest BCUT2D eigenvalue weighted by atomic mass is 9.98. The highest BCUT2D eigenvalue weighted by Gasteiger charge is 2.41. The molecule has 4 heterocycles. The van der Waals surface area contributed by atoms with Crippen LogP contribution in [-0.2, 0) is 4.79 Å². The maximum Gasteiger partial charge on any atom is 0.354 e. The quantitative estimate of drug-likeness (QED) is 0.145. The molecule has 6 rings (SSSR count). The Morgan fingerprint density at radius 3 is 2.57 bits per heavy atom. The number of amides is 1. The van der Waals surface area contributed by atoms with E-state index < -0.39 is 39.5 Å². The van der Waals surface area contributed by atoms with Crippen molar-refractivity contribution < 1.29 is 18.3 Å². The first-order valence-electron chi connectivity index (χ1n) is 14.5. The van der Waals surface area contributed by atoms with Gasteiger partial charge < -0.3 is 20.3 Å². The lowest BCUT2D eigenvalue weighted by Gasteiger charge is -2.45. The fraction of sp³-hybridized carbons (Fsp3) is 0.312. The molecule has 240 valence electrons. The molecule has 0 spiro atoms. The number of fused-ring (bicyclic) bond motifs is 2. The zero-order chi connectivity index (χ0) is 33.4. The number of rotatable bonds is 4. The summed E-state index contributed by atoms with van der Waals surface area (Å²) in [7, 11) is 0. The van der Waals surface area contributed by atoms with E-state index in [1.807, 2.05) is 25.7 Å². The summed E-state index contributed by atoms with van der Waals surface area (Å²) in [6.45, 7) is 11.4. The van der Waals surface area contributed by atoms with Crippen LogP contribution in [0.15, 0.2) is 35.8 Å². The Kier molecular flexibility index (Phi) is 8.15. The molecular formula is C32H29Cl3F2N6O3. The third-order valence-electron chi connectivity index (χ3n) is 8.47. The van der Waals surface area contributed by atoms with Gasteiger partial charge in [-0.25, -0.2) is 13.6 Å². The van der Waals surface area contributed by atoms with Crippen LogP contribution >= 0.6 is 34.8 Å². The zero-order valence-electron chi connectivity index (χ0n) is 25.3. The van der Waals surface area contributed by atoms with Crippen molar-refractivity contribution in [1.29, 1.82) is 0 Å². The number of nitrogen functional groups attached to an aromatic ring is 1. The summed E-state index contributed by atoms with van der Waals surface area (Å²) in [6, 6.07) is 1.91. The van der Waals surface area contributed by atoms with E-state index in [2.05, 4.69) is 16.5 Å². The summed E-state index contributed by atoms with van der Waals surface area (Å²) in [5.74, 6) is -2.51. The van der Waals surface area contributed by atoms with Crippen LogP contribution in [0.4, 0.5) is 20.3 Å². The van der Waals surface area contributed by atoms with Crippen molar-refractivity contribution in [3.8, 4) is 22.6 Å². The first-order valence-corrected chi connectivity index (χ1v) is 15.6. The van der Waals surface area contributed by atoms with Gasteiger partial charge in [-0.2, -0.15) is 4.98 Å². The number of hydrogen-bond donors (Lipinski definition) is 1. The molecule has 9 nitrogen and oxygen atoms in total. The first-order chi connectivity index (χ1) is 21.8. The fourth-order valence-electron chi connectivity index (χ4n) is 6.44. The van der Waals surface area contributed by atoms with E-state index in [4.69, 9.17) is 45.3 Å². The van der Waals surface area contributed by atoms with Crippen molar-refractivity contribution in [3.63, 3.8) is 0 Å². The monoisotopic (exact) mass is 688 g/mol. The highest BCUT2D eigenvalue weighted by Crippen LogP contribution is 2.51. The molecule has 1 fully saturated rings. The summed E-state index contributed by atoms with van der Waals surface area (Å²) in [6.07, 6.45) is 2.83. The maximum absolute atomic E-state index is 17.5. The summed E-state index contributed by atoms with van der Waals surface area (Å²) in [5.41, 5.74) is 5.30. The number of aryl methyl sites for hydroxylation is 1. The number of nitrogens with zero attached hydrogens (tertiary/aromatic N) is 5. The molecule has 2 aliphatic heterocycles. The number of ether oxygens (including phenoxy) is 1. The Labute approximate surface area is 278 Å². The Hall–Kier alpha value is -3.93. The lowest BCUT2D eigenvalue weighted by molar-refractivity contribution is -0.127. The summed E-state index contributed by atoms with van der Waals surface area (Å²) in [4.78, 5) is 39.4. The Balaban J connectivity index is 1.80. The number of pyridine rings is 1. The van der Waals surface area contributed by atoms with E-state index in [1.165, 1.54) is 6.08 Å². The van der Waals surface area contributed by atoms with Crippen molar-refractivity contribution >= 4 is 63.1 Å². The van der Waals surface area contributed by atoms with E-state index in [0.717, 1.165) is 10.6 Å². The molecule has 2 aromatic heterocycles. The first kappa shape index (κ1) is 32.0. The predicted octanol–water partition coefficient (Wildman–Crippen LogP) is 6.68. The van der Waals surface area contributed by atoms with Crippen LogP contribution in [0.2, 0.25) is 15.1 Å². The van der Waals surface area contributed by atoms with Crippen LogP contribution in [0.3, 0.4) is 0 Å². The molecule has 2 aromatic carbocycles. The maximum atomic E-state index is 17.5. The van der Waals surface area contributed by atoms with Gasteiger partial charge in [0.05, 0.1) is 43.6 Å². The van der Waals surface area contributed by atoms with Gasteiger partial charge in [0, 0.05) is 36.5 Å². The number of benzene rings is 2. The molecule has 0 radical (unpaired) electrons. The van der Waals surface area contributed by atoms with Crippen LogP contribution in [0.1, 0.15) is 37.9 Å². The molecule has 2 unspecified atom stereocenters. The number of halogens is 5. The normalized spacial score (nSPS) is 17.6. The molecule has 14 heteroatoms. The minimum atomic E-state index is -1.07. The third-order valence-corrected chi connectivity index (χ3v) is 9.42. The van der Waals surface area contributed by atoms with E-state index in [-0.39, 0.29) is 75.8 Å². The standard InChI is InChI=1S/C32H29Cl3F2N6O3/c1-6-19(44)41-10-15(5)42-16(11-41)12-46-30-22-29(25(37)20(23(30)35)21-24(36)17(33)9-18(34)26(21)38)43(32(45)40-31(22)42)28-14(4)7-8-39-27(28)13(2)3/h6-9,13,15-16H,1,10-12,38H2,2-5H3. The number of nitrogens with two attached hydrogens (primary N) is 1. The SMILES string of the molecule is C=CC(=O)N1CC(C)N2c3nc(=O)n(-c4c(C)ccnc4C(C)C)c4c(F)c(-c5c(N)c(Cl)cc(Cl)c5F)c(Cl)c(c34)OCC2C1. The third kappa shape index (κ3) is 4.78. The van der Waals surface area contributed by atoms with Gasteiger partial charge >= 0.3 is 5.69 Å². The minimum Gasteiger partial charge on any atom is -0.489 e. The van der Waals surface area contributed by atoms with E-state index in [9.17, 15) is 9.59 Å². The molecule has 46 heavy (non-hydrogen) atoms. The van der Waals surface area contributed by atoms with Crippen LogP contribution in [0.25, 0.3) is 27.7 Å². The second-order valence-corrected chi connectivity index (χ2v) is 12.9. The highest BCUT2D eigenvalue weighted by molar-refractivity contribution is 6.39. The topological polar surface area (TPSA) is 107 Å². The van der Waals surface area contributed by atoms with E-state index >= 15 is 8.78 Å². The van der Waals surface area contributed by atoms with Gasteiger partial charge in [0.1, 0.15) is 17.9 Å². The molecule has 1 amide bonds. The summed E-state index contributed by atoms with van der Waals surface area (Å²) < 4.78 is 40.7. The lowest BCUT2D eigenvalue weighted by Crippen LogP contribution is -2.61. The fourth-order valence-corrected chi connectivity index (χ4v) is 7.23. The van der Waals surface area contributed by atoms with E-state index in [0.29, 0.717) is 16.9 Å². The number of aromatic nitrogens is 3. The second kappa shape index (κ2) is 11.7. The second-order valence-electron chi connectivity index (χ2n) is 11.7. The smallest absolute Gasteiger partial charge is 0.354 e. The van der Waals surface area contributed by atoms with Gasteiger partial charge in [0.15, 0.2) is 17.4 Å². The molecule has 2 atom stereocenters. The number of anilines is 2. The Bertz CT molecular complexity index is 2010. The van der Waals surface area contributed by atoms with Gasteiger partial charge in [-0.05, 0) is 43.5 Å². The van der Waals surface area contributed by atoms with Gasteiger partial charge in [-0.15, -0.1) is 0 Å². The van der Waals surface area contributed by atoms with Gasteiger partial charge in [0.2, 0.25) is 5.91 Å². The van der Waals surface area contributed by atoms with Gasteiger partial charge in [-0.1, -0.05) is 55.2 Å². The summed E-state index contributed by atoms with van der Waals surface area (Å²) in [5, 5.41) is -0.762. The highest BCUT2D eigenvalue weighted by atomic mass is 35.5. The van der Waals surface area contributed by atoms with Crippen molar-refractivity contribution in [2.45, 2.75) is 45.7 Å². The van der Waals surface area contributed by atoms with Crippen molar-refractivity contribution in [3.05, 3.63) is 79.4 Å². The Morgan fingerprint density at radius 2 is 1.89 bits per heavy atom. The molecule has 1 saturated heterocycles. The van der Waals surface area contributed by atoms with Gasteiger partial charge in [-0.3, -0.25) is 14.3 Å². The van der Waals surface area contributed by atoms with Crippen molar-refractivity contribution in [1.82, 2.24) is 19.4 Å². The molecule has 0 aliphatic carbocycles. The Morgan fingerprint density at radius 1 is 1.17 bits per heavy atom. The average molecular weight is 690 g/mol. The van der Waals surface area contributed by atoms with Crippen molar-refractivity contribution in [2.24, 2.45) is 0 Å². The van der Waals surface area contributed by atoms with Crippen LogP contribution < -0.4 is 21.1 Å². The number of hydrogen-bond acceptors (Lipinski definition) is 7.